The first kappa shape index (κ1) is 19.0. The van der Waals surface area contributed by atoms with Crippen LogP contribution in [0.4, 0.5) is 0 Å². The summed E-state index contributed by atoms with van der Waals surface area (Å²) in [6.45, 7) is 0.795. The fraction of sp³-hybridized carbons (Fsp3) is 0.412. The number of sulfonamides is 1. The second kappa shape index (κ2) is 8.14. The molecule has 1 fully saturated rings. The van der Waals surface area contributed by atoms with Crippen molar-refractivity contribution in [3.8, 4) is 12.3 Å². The maximum Gasteiger partial charge on any atom is 0.303 e. The van der Waals surface area contributed by atoms with Crippen LogP contribution in [0.2, 0.25) is 0 Å². The lowest BCUT2D eigenvalue weighted by molar-refractivity contribution is -0.138. The largest absolute Gasteiger partial charge is 0.481 e. The molecule has 25 heavy (non-hydrogen) atoms. The number of hydrogen-bond donors (Lipinski definition) is 2. The Kier molecular flexibility index (Phi) is 6.17. The van der Waals surface area contributed by atoms with Crippen molar-refractivity contribution < 1.29 is 23.1 Å². The number of amides is 1. The van der Waals surface area contributed by atoms with Crippen LogP contribution in [0.1, 0.15) is 29.6 Å². The number of hydrogen-bond acceptors (Lipinski definition) is 4. The second-order valence-electron chi connectivity index (χ2n) is 5.89. The summed E-state index contributed by atoms with van der Waals surface area (Å²) in [6.07, 6.45) is 6.41. The number of terminal acetylenes is 1. The number of carbonyl (C=O) groups is 2. The van der Waals surface area contributed by atoms with Crippen molar-refractivity contribution >= 4 is 21.9 Å². The van der Waals surface area contributed by atoms with E-state index < -0.39 is 16.0 Å². The molecule has 2 N–H and O–H groups in total. The molecule has 1 amide bonds. The third-order valence-corrected chi connectivity index (χ3v) is 5.52. The van der Waals surface area contributed by atoms with Gasteiger partial charge in [-0.2, -0.15) is 4.72 Å². The van der Waals surface area contributed by atoms with Crippen LogP contribution in [0.25, 0.3) is 0 Å². The van der Waals surface area contributed by atoms with E-state index in [2.05, 4.69) is 10.6 Å². The lowest BCUT2D eigenvalue weighted by Crippen LogP contribution is -2.39. The van der Waals surface area contributed by atoms with Crippen molar-refractivity contribution in [1.82, 2.24) is 9.62 Å². The van der Waals surface area contributed by atoms with E-state index in [1.807, 2.05) is 0 Å². The molecule has 7 nitrogen and oxygen atoms in total. The van der Waals surface area contributed by atoms with E-state index in [1.54, 1.807) is 11.0 Å². The number of nitrogens with zero attached hydrogens (tertiary/aromatic N) is 1. The molecule has 2 rings (SSSR count). The van der Waals surface area contributed by atoms with Crippen molar-refractivity contribution in [1.29, 1.82) is 0 Å². The second-order valence-corrected chi connectivity index (χ2v) is 7.66. The van der Waals surface area contributed by atoms with E-state index in [1.165, 1.54) is 18.2 Å². The highest BCUT2D eigenvalue weighted by molar-refractivity contribution is 7.89. The number of carbonyl (C=O) groups excluding carboxylic acids is 1. The molecule has 0 unspecified atom stereocenters. The van der Waals surface area contributed by atoms with Crippen LogP contribution in [0.5, 0.6) is 0 Å². The Morgan fingerprint density at radius 2 is 2.00 bits per heavy atom. The average molecular weight is 364 g/mol. The van der Waals surface area contributed by atoms with E-state index in [-0.39, 0.29) is 35.2 Å². The zero-order valence-corrected chi connectivity index (χ0v) is 14.5. The highest BCUT2D eigenvalue weighted by Crippen LogP contribution is 2.22. The minimum absolute atomic E-state index is 0.0191. The van der Waals surface area contributed by atoms with Gasteiger partial charge in [-0.25, -0.2) is 8.42 Å². The first-order valence-corrected chi connectivity index (χ1v) is 9.36. The number of carboxylic acids is 1. The molecule has 0 radical (unpaired) electrons. The quantitative estimate of drug-likeness (QED) is 0.731. The molecule has 0 aromatic heterocycles. The Labute approximate surface area is 147 Å². The van der Waals surface area contributed by atoms with Gasteiger partial charge in [-0.15, -0.1) is 6.42 Å². The van der Waals surface area contributed by atoms with Gasteiger partial charge in [0.05, 0.1) is 11.4 Å². The van der Waals surface area contributed by atoms with Gasteiger partial charge in [0.1, 0.15) is 0 Å². The van der Waals surface area contributed by atoms with Crippen molar-refractivity contribution in [3.63, 3.8) is 0 Å². The summed E-state index contributed by atoms with van der Waals surface area (Å²) in [5, 5.41) is 8.83. The number of benzene rings is 1. The predicted octanol–water partition coefficient (Wildman–Crippen LogP) is 0.925. The van der Waals surface area contributed by atoms with E-state index >= 15 is 0 Å². The fourth-order valence-electron chi connectivity index (χ4n) is 2.79. The molecular weight excluding hydrogens is 344 g/mol. The minimum Gasteiger partial charge on any atom is -0.481 e. The van der Waals surface area contributed by atoms with Gasteiger partial charge in [-0.1, -0.05) is 12.0 Å². The lowest BCUT2D eigenvalue weighted by atomic mass is 9.93. The lowest BCUT2D eigenvalue weighted by Gasteiger charge is -2.31. The third-order valence-electron chi connectivity index (χ3n) is 4.12. The van der Waals surface area contributed by atoms with Crippen molar-refractivity contribution in [2.75, 3.05) is 19.6 Å². The van der Waals surface area contributed by atoms with Crippen molar-refractivity contribution in [3.05, 3.63) is 29.8 Å². The maximum absolute atomic E-state index is 12.6. The standard InChI is InChI=1S/C17H20N2O5S/c1-2-8-18-25(23,24)15-5-3-4-14(12-15)17(22)19-9-6-13(7-10-19)11-16(20)21/h1,3-5,12-13,18H,6-11H2,(H,20,21). The Balaban J connectivity index is 2.07. The van der Waals surface area contributed by atoms with Crippen LogP contribution in [-0.4, -0.2) is 49.9 Å². The maximum atomic E-state index is 12.6. The fourth-order valence-corrected chi connectivity index (χ4v) is 3.77. The number of piperidine rings is 1. The third kappa shape index (κ3) is 5.05. The molecule has 0 aliphatic carbocycles. The molecule has 1 aromatic rings. The summed E-state index contributed by atoms with van der Waals surface area (Å²) in [5.74, 6) is 1.17. The SMILES string of the molecule is C#CCNS(=O)(=O)c1cccc(C(=O)N2CCC(CC(=O)O)CC2)c1. The highest BCUT2D eigenvalue weighted by Gasteiger charge is 2.25. The minimum atomic E-state index is -3.76. The van der Waals surface area contributed by atoms with E-state index in [9.17, 15) is 18.0 Å². The molecule has 1 heterocycles. The van der Waals surface area contributed by atoms with Crippen molar-refractivity contribution in [2.24, 2.45) is 5.92 Å². The Morgan fingerprint density at radius 3 is 2.60 bits per heavy atom. The van der Waals surface area contributed by atoms with Gasteiger partial charge in [0.25, 0.3) is 5.91 Å². The van der Waals surface area contributed by atoms with E-state index in [4.69, 9.17) is 11.5 Å². The average Bonchev–Trinajstić information content (AvgIpc) is 2.60. The van der Waals surface area contributed by atoms with Gasteiger partial charge in [-0.05, 0) is 37.0 Å². The number of likely N-dealkylation sites (tertiary alicyclic amines) is 1. The number of aliphatic carboxylic acids is 1. The smallest absolute Gasteiger partial charge is 0.303 e. The molecular formula is C17H20N2O5S. The van der Waals surface area contributed by atoms with Gasteiger partial charge in [0.15, 0.2) is 0 Å². The van der Waals surface area contributed by atoms with Gasteiger partial charge in [0.2, 0.25) is 10.0 Å². The summed E-state index contributed by atoms with van der Waals surface area (Å²) < 4.78 is 26.5. The molecule has 1 saturated heterocycles. The molecule has 0 bridgehead atoms. The summed E-state index contributed by atoms with van der Waals surface area (Å²) in [7, 11) is -3.76. The van der Waals surface area contributed by atoms with Gasteiger partial charge in [-0.3, -0.25) is 9.59 Å². The summed E-state index contributed by atoms with van der Waals surface area (Å²) in [5.41, 5.74) is 0.278. The highest BCUT2D eigenvalue weighted by atomic mass is 32.2. The van der Waals surface area contributed by atoms with Crippen LogP contribution in [0.3, 0.4) is 0 Å². The van der Waals surface area contributed by atoms with Crippen LogP contribution >= 0.6 is 0 Å². The monoisotopic (exact) mass is 364 g/mol. The predicted molar refractivity (Wildman–Crippen MR) is 91.3 cm³/mol. The zero-order chi connectivity index (χ0) is 18.4. The molecule has 8 heteroatoms. The van der Waals surface area contributed by atoms with Gasteiger partial charge >= 0.3 is 5.97 Å². The van der Waals surface area contributed by atoms with E-state index in [0.717, 1.165) is 0 Å². The topological polar surface area (TPSA) is 104 Å². The molecule has 0 saturated carbocycles. The van der Waals surface area contributed by atoms with Crippen molar-refractivity contribution in [2.45, 2.75) is 24.2 Å². The number of rotatable bonds is 6. The molecule has 134 valence electrons. The Morgan fingerprint density at radius 1 is 1.32 bits per heavy atom. The van der Waals surface area contributed by atoms with E-state index in [0.29, 0.717) is 25.9 Å². The van der Waals surface area contributed by atoms with Crippen LogP contribution in [-0.2, 0) is 14.8 Å². The molecule has 1 aliphatic rings. The summed E-state index contributed by atoms with van der Waals surface area (Å²) >= 11 is 0. The Bertz CT molecular complexity index is 790. The van der Waals surface area contributed by atoms with Crippen LogP contribution < -0.4 is 4.72 Å². The zero-order valence-electron chi connectivity index (χ0n) is 13.6. The summed E-state index contributed by atoms with van der Waals surface area (Å²) in [6, 6.07) is 5.79. The molecule has 0 atom stereocenters. The number of carboxylic acid groups (broad SMARTS) is 1. The van der Waals surface area contributed by atoms with Crippen LogP contribution in [0.15, 0.2) is 29.2 Å². The number of nitrogens with one attached hydrogen (secondary N) is 1. The molecule has 0 spiro atoms. The molecule has 1 aliphatic heterocycles. The summed E-state index contributed by atoms with van der Waals surface area (Å²) in [4.78, 5) is 24.9. The van der Waals surface area contributed by atoms with Gasteiger partial charge < -0.3 is 10.0 Å². The molecule has 1 aromatic carbocycles. The first-order valence-electron chi connectivity index (χ1n) is 7.87. The van der Waals surface area contributed by atoms with Crippen LogP contribution in [0, 0.1) is 18.3 Å². The Hall–Kier alpha value is -2.37. The van der Waals surface area contributed by atoms with Gasteiger partial charge in [0, 0.05) is 25.1 Å². The normalized spacial score (nSPS) is 15.6. The first-order chi connectivity index (χ1) is 11.8.